The number of nitrogens with one attached hydrogen (secondary N) is 1. The smallest absolute Gasteiger partial charge is 0.335 e. The topological polar surface area (TPSA) is 101 Å². The van der Waals surface area contributed by atoms with Crippen LogP contribution in [-0.2, 0) is 6.54 Å². The second kappa shape index (κ2) is 8.16. The van der Waals surface area contributed by atoms with Crippen LogP contribution in [0.15, 0.2) is 59.7 Å². The lowest BCUT2D eigenvalue weighted by Gasteiger charge is -2.07. The minimum absolute atomic E-state index is 0.154. The van der Waals surface area contributed by atoms with E-state index in [1.807, 2.05) is 31.2 Å². The van der Waals surface area contributed by atoms with Crippen molar-refractivity contribution in [1.82, 2.24) is 9.55 Å². The van der Waals surface area contributed by atoms with Crippen LogP contribution in [0.2, 0.25) is 0 Å². The molecule has 0 saturated carbocycles. The van der Waals surface area contributed by atoms with Gasteiger partial charge in [-0.1, -0.05) is 30.3 Å². The molecule has 31 heavy (non-hydrogen) atoms. The molecule has 156 valence electrons. The summed E-state index contributed by atoms with van der Waals surface area (Å²) in [5.74, 6) is -1.31. The quantitative estimate of drug-likeness (QED) is 0.494. The summed E-state index contributed by atoms with van der Waals surface area (Å²) in [6.07, 6.45) is 1.43. The first-order valence-electron chi connectivity index (χ1n) is 9.53. The Kier molecular flexibility index (Phi) is 5.39. The summed E-state index contributed by atoms with van der Waals surface area (Å²) in [7, 11) is 0. The lowest BCUT2D eigenvalue weighted by Crippen LogP contribution is -2.21. The Hall–Kier alpha value is -3.78. The zero-order chi connectivity index (χ0) is 22.1. The maximum atomic E-state index is 13.1. The summed E-state index contributed by atoms with van der Waals surface area (Å²) in [5.41, 5.74) is 2.80. The van der Waals surface area contributed by atoms with Gasteiger partial charge in [-0.05, 0) is 48.7 Å². The van der Waals surface area contributed by atoms with E-state index in [-0.39, 0.29) is 23.6 Å². The van der Waals surface area contributed by atoms with Gasteiger partial charge in [0.2, 0.25) is 0 Å². The number of benzene rings is 2. The zero-order valence-corrected chi connectivity index (χ0v) is 17.7. The van der Waals surface area contributed by atoms with Gasteiger partial charge < -0.3 is 10.4 Å². The standard InChI is InChI=1S/C23H19N3O4S/c1-13-6-3-4-9-17(13)25-20(27)19-14(2)18-21(31-19)24-12-26(22(18)28)11-15-7-5-8-16(10-15)23(29)30/h3-10,12H,11H2,1-2H3,(H,25,27)(H,29,30). The first-order chi connectivity index (χ1) is 14.8. The molecule has 4 rings (SSSR count). The fraction of sp³-hybridized carbons (Fsp3) is 0.130. The molecule has 2 aromatic heterocycles. The number of aromatic nitrogens is 2. The highest BCUT2D eigenvalue weighted by molar-refractivity contribution is 7.20. The van der Waals surface area contributed by atoms with E-state index in [0.717, 1.165) is 5.56 Å². The molecule has 0 saturated heterocycles. The lowest BCUT2D eigenvalue weighted by atomic mass is 10.1. The second-order valence-electron chi connectivity index (χ2n) is 7.19. The third-order valence-corrected chi connectivity index (χ3v) is 6.24. The number of thiophene rings is 1. The molecule has 0 spiro atoms. The van der Waals surface area contributed by atoms with E-state index in [4.69, 9.17) is 5.11 Å². The summed E-state index contributed by atoms with van der Waals surface area (Å²) in [4.78, 5) is 42.4. The van der Waals surface area contributed by atoms with Crippen molar-refractivity contribution in [3.05, 3.63) is 92.3 Å². The molecule has 0 atom stereocenters. The van der Waals surface area contributed by atoms with Gasteiger partial charge in [-0.2, -0.15) is 0 Å². The summed E-state index contributed by atoms with van der Waals surface area (Å²) in [6, 6.07) is 13.9. The molecule has 0 fully saturated rings. The van der Waals surface area contributed by atoms with Crippen LogP contribution in [0.4, 0.5) is 5.69 Å². The third kappa shape index (κ3) is 3.97. The molecule has 0 bridgehead atoms. The summed E-state index contributed by atoms with van der Waals surface area (Å²) in [6.45, 7) is 3.83. The molecule has 2 heterocycles. The number of carboxylic acid groups (broad SMARTS) is 1. The fourth-order valence-corrected chi connectivity index (χ4v) is 4.41. The molecule has 0 aliphatic heterocycles. The normalized spacial score (nSPS) is 10.9. The Morgan fingerprint density at radius 2 is 1.90 bits per heavy atom. The number of rotatable bonds is 5. The van der Waals surface area contributed by atoms with Crippen LogP contribution >= 0.6 is 11.3 Å². The number of carboxylic acids is 1. The largest absolute Gasteiger partial charge is 0.478 e. The SMILES string of the molecule is Cc1ccccc1NC(=O)c1sc2ncn(Cc3cccc(C(=O)O)c3)c(=O)c2c1C. The molecule has 8 heteroatoms. The van der Waals surface area contributed by atoms with Gasteiger partial charge in [0.15, 0.2) is 0 Å². The van der Waals surface area contributed by atoms with Gasteiger partial charge in [-0.25, -0.2) is 9.78 Å². The molecule has 7 nitrogen and oxygen atoms in total. The number of nitrogens with zero attached hydrogens (tertiary/aromatic N) is 2. The number of amides is 1. The number of aryl methyl sites for hydroxylation is 2. The van der Waals surface area contributed by atoms with Crippen molar-refractivity contribution in [2.45, 2.75) is 20.4 Å². The van der Waals surface area contributed by atoms with Crippen molar-refractivity contribution in [3.63, 3.8) is 0 Å². The van der Waals surface area contributed by atoms with Crippen molar-refractivity contribution in [2.75, 3.05) is 5.32 Å². The average molecular weight is 433 g/mol. The van der Waals surface area contributed by atoms with Crippen molar-refractivity contribution in [1.29, 1.82) is 0 Å². The number of carbonyl (C=O) groups is 2. The third-order valence-electron chi connectivity index (χ3n) is 5.04. The van der Waals surface area contributed by atoms with Crippen molar-refractivity contribution in [2.24, 2.45) is 0 Å². The Labute approximate surface area is 181 Å². The van der Waals surface area contributed by atoms with Crippen molar-refractivity contribution < 1.29 is 14.7 Å². The van der Waals surface area contributed by atoms with E-state index in [0.29, 0.717) is 31.9 Å². The minimum atomic E-state index is -1.03. The molecule has 0 radical (unpaired) electrons. The van der Waals surface area contributed by atoms with E-state index in [2.05, 4.69) is 10.3 Å². The van der Waals surface area contributed by atoms with Gasteiger partial charge in [0.1, 0.15) is 4.83 Å². The number of fused-ring (bicyclic) bond motifs is 1. The Morgan fingerprint density at radius 1 is 1.13 bits per heavy atom. The average Bonchev–Trinajstić information content (AvgIpc) is 3.09. The van der Waals surface area contributed by atoms with Gasteiger partial charge in [0, 0.05) is 5.69 Å². The Balaban J connectivity index is 1.69. The van der Waals surface area contributed by atoms with E-state index < -0.39 is 5.97 Å². The fourth-order valence-electron chi connectivity index (χ4n) is 3.38. The van der Waals surface area contributed by atoms with E-state index >= 15 is 0 Å². The predicted molar refractivity (Wildman–Crippen MR) is 120 cm³/mol. The minimum Gasteiger partial charge on any atom is -0.478 e. The van der Waals surface area contributed by atoms with Gasteiger partial charge >= 0.3 is 5.97 Å². The molecule has 0 unspecified atom stereocenters. The molecule has 0 aliphatic carbocycles. The van der Waals surface area contributed by atoms with Gasteiger partial charge in [0.05, 0.1) is 28.7 Å². The maximum Gasteiger partial charge on any atom is 0.335 e. The summed E-state index contributed by atoms with van der Waals surface area (Å²) < 4.78 is 1.42. The number of hydrogen-bond acceptors (Lipinski definition) is 5. The highest BCUT2D eigenvalue weighted by atomic mass is 32.1. The predicted octanol–water partition coefficient (Wildman–Crippen LogP) is 4.07. The molecule has 2 aromatic carbocycles. The number of para-hydroxylation sites is 1. The molecule has 2 N–H and O–H groups in total. The van der Waals surface area contributed by atoms with Crippen molar-refractivity contribution >= 4 is 39.1 Å². The van der Waals surface area contributed by atoms with Crippen LogP contribution in [0.25, 0.3) is 10.2 Å². The Bertz CT molecular complexity index is 1390. The van der Waals surface area contributed by atoms with E-state index in [1.54, 1.807) is 19.1 Å². The molecular weight excluding hydrogens is 414 g/mol. The van der Waals surface area contributed by atoms with Crippen LogP contribution < -0.4 is 10.9 Å². The maximum absolute atomic E-state index is 13.1. The van der Waals surface area contributed by atoms with E-state index in [9.17, 15) is 14.4 Å². The van der Waals surface area contributed by atoms with Gasteiger partial charge in [-0.3, -0.25) is 14.2 Å². The van der Waals surface area contributed by atoms with Crippen LogP contribution in [0.5, 0.6) is 0 Å². The Morgan fingerprint density at radius 3 is 2.65 bits per heavy atom. The monoisotopic (exact) mass is 433 g/mol. The zero-order valence-electron chi connectivity index (χ0n) is 16.9. The number of aromatic carboxylic acids is 1. The van der Waals surface area contributed by atoms with Gasteiger partial charge in [-0.15, -0.1) is 11.3 Å². The first-order valence-corrected chi connectivity index (χ1v) is 10.3. The number of carbonyl (C=O) groups excluding carboxylic acids is 1. The molecule has 0 aliphatic rings. The highest BCUT2D eigenvalue weighted by Crippen LogP contribution is 2.28. The highest BCUT2D eigenvalue weighted by Gasteiger charge is 2.20. The van der Waals surface area contributed by atoms with Crippen LogP contribution in [-0.4, -0.2) is 26.5 Å². The molecular formula is C23H19N3O4S. The molecule has 4 aromatic rings. The first kappa shape index (κ1) is 20.5. The van der Waals surface area contributed by atoms with Crippen LogP contribution in [0.1, 0.15) is 36.7 Å². The summed E-state index contributed by atoms with van der Waals surface area (Å²) >= 11 is 1.18. The van der Waals surface area contributed by atoms with Crippen LogP contribution in [0.3, 0.4) is 0 Å². The second-order valence-corrected chi connectivity index (χ2v) is 8.19. The lowest BCUT2D eigenvalue weighted by molar-refractivity contribution is 0.0696. The molecule has 1 amide bonds. The van der Waals surface area contributed by atoms with E-state index in [1.165, 1.54) is 34.4 Å². The van der Waals surface area contributed by atoms with Crippen molar-refractivity contribution in [3.8, 4) is 0 Å². The number of anilines is 1. The van der Waals surface area contributed by atoms with Crippen LogP contribution in [0, 0.1) is 13.8 Å². The summed E-state index contributed by atoms with van der Waals surface area (Å²) in [5, 5.41) is 12.5. The van der Waals surface area contributed by atoms with Gasteiger partial charge in [0.25, 0.3) is 11.5 Å². The number of hydrogen-bond donors (Lipinski definition) is 2.